The Morgan fingerprint density at radius 3 is 2.76 bits per heavy atom. The molecule has 0 aliphatic carbocycles. The molecule has 0 spiro atoms. The van der Waals surface area contributed by atoms with E-state index >= 15 is 0 Å². The Labute approximate surface area is 102 Å². The second kappa shape index (κ2) is 6.13. The number of anilines is 1. The first-order valence-electron chi connectivity index (χ1n) is 5.70. The molecule has 1 rings (SSSR count). The van der Waals surface area contributed by atoms with Gasteiger partial charge in [0.05, 0.1) is 13.0 Å². The summed E-state index contributed by atoms with van der Waals surface area (Å²) < 4.78 is 5.16. The number of nitrogens with zero attached hydrogens (tertiary/aromatic N) is 1. The number of hydrogen-bond acceptors (Lipinski definition) is 3. The molecule has 0 aliphatic heterocycles. The van der Waals surface area contributed by atoms with E-state index in [-0.39, 0.29) is 5.92 Å². The van der Waals surface area contributed by atoms with Gasteiger partial charge in [-0.1, -0.05) is 13.0 Å². The van der Waals surface area contributed by atoms with Gasteiger partial charge in [-0.2, -0.15) is 0 Å². The lowest BCUT2D eigenvalue weighted by Crippen LogP contribution is -2.31. The highest BCUT2D eigenvalue weighted by Gasteiger charge is 2.15. The van der Waals surface area contributed by atoms with Crippen LogP contribution in [-0.4, -0.2) is 31.3 Å². The van der Waals surface area contributed by atoms with Crippen molar-refractivity contribution in [3.63, 3.8) is 0 Å². The van der Waals surface area contributed by atoms with Crippen LogP contribution in [0.5, 0.6) is 5.75 Å². The molecule has 17 heavy (non-hydrogen) atoms. The van der Waals surface area contributed by atoms with Gasteiger partial charge in [0.2, 0.25) is 0 Å². The van der Waals surface area contributed by atoms with Gasteiger partial charge in [0.25, 0.3) is 0 Å². The molecule has 4 heteroatoms. The summed E-state index contributed by atoms with van der Waals surface area (Å²) in [6.07, 6.45) is 0. The molecule has 1 aromatic rings. The molecular weight excluding hydrogens is 218 g/mol. The fraction of sp³-hybridized carbons (Fsp3) is 0.462. The summed E-state index contributed by atoms with van der Waals surface area (Å²) in [7, 11) is 1.62. The third-order valence-corrected chi connectivity index (χ3v) is 2.72. The third kappa shape index (κ3) is 3.66. The lowest BCUT2D eigenvalue weighted by atomic mass is 10.1. The quantitative estimate of drug-likeness (QED) is 0.824. The normalized spacial score (nSPS) is 11.9. The smallest absolute Gasteiger partial charge is 0.308 e. The molecule has 0 amide bonds. The van der Waals surface area contributed by atoms with Crippen molar-refractivity contribution < 1.29 is 14.6 Å². The largest absolute Gasteiger partial charge is 0.497 e. The average Bonchev–Trinajstić information content (AvgIpc) is 2.35. The molecule has 0 fully saturated rings. The minimum atomic E-state index is -0.772. The number of carboxylic acid groups (broad SMARTS) is 1. The van der Waals surface area contributed by atoms with Crippen LogP contribution in [-0.2, 0) is 4.79 Å². The number of benzene rings is 1. The van der Waals surface area contributed by atoms with Crippen LogP contribution < -0.4 is 9.64 Å². The Balaban J connectivity index is 2.82. The lowest BCUT2D eigenvalue weighted by Gasteiger charge is -2.25. The van der Waals surface area contributed by atoms with E-state index in [1.807, 2.05) is 36.1 Å². The van der Waals surface area contributed by atoms with Crippen LogP contribution in [0.25, 0.3) is 0 Å². The molecule has 0 aromatic heterocycles. The van der Waals surface area contributed by atoms with E-state index in [0.29, 0.717) is 6.54 Å². The van der Waals surface area contributed by atoms with E-state index < -0.39 is 5.97 Å². The van der Waals surface area contributed by atoms with Crippen LogP contribution in [0.2, 0.25) is 0 Å². The molecule has 94 valence electrons. The van der Waals surface area contributed by atoms with Crippen molar-refractivity contribution in [2.24, 2.45) is 5.92 Å². The summed E-state index contributed by atoms with van der Waals surface area (Å²) >= 11 is 0. The third-order valence-electron chi connectivity index (χ3n) is 2.72. The van der Waals surface area contributed by atoms with Crippen molar-refractivity contribution in [3.8, 4) is 5.75 Å². The van der Waals surface area contributed by atoms with Gasteiger partial charge in [-0.25, -0.2) is 0 Å². The number of methoxy groups -OCH3 is 1. The van der Waals surface area contributed by atoms with E-state index in [2.05, 4.69) is 0 Å². The molecule has 0 bridgehead atoms. The van der Waals surface area contributed by atoms with Gasteiger partial charge in [0.1, 0.15) is 5.75 Å². The number of ether oxygens (including phenoxy) is 1. The summed E-state index contributed by atoms with van der Waals surface area (Å²) in [6.45, 7) is 4.99. The first-order chi connectivity index (χ1) is 8.08. The van der Waals surface area contributed by atoms with Crippen molar-refractivity contribution in [1.82, 2.24) is 0 Å². The Bertz CT molecular complexity index is 379. The van der Waals surface area contributed by atoms with Gasteiger partial charge in [-0.3, -0.25) is 4.79 Å². The molecule has 1 N–H and O–H groups in total. The zero-order valence-corrected chi connectivity index (χ0v) is 10.5. The number of rotatable bonds is 6. The van der Waals surface area contributed by atoms with E-state index in [9.17, 15) is 4.79 Å². The van der Waals surface area contributed by atoms with Crippen LogP contribution >= 0.6 is 0 Å². The molecular formula is C13H19NO3. The van der Waals surface area contributed by atoms with Gasteiger partial charge >= 0.3 is 5.97 Å². The molecule has 1 unspecified atom stereocenters. The molecule has 0 saturated carbocycles. The highest BCUT2D eigenvalue weighted by molar-refractivity contribution is 5.70. The molecule has 4 nitrogen and oxygen atoms in total. The maximum Gasteiger partial charge on any atom is 0.308 e. The molecule has 0 heterocycles. The number of carbonyl (C=O) groups is 1. The van der Waals surface area contributed by atoms with Crippen LogP contribution in [0.15, 0.2) is 24.3 Å². The monoisotopic (exact) mass is 237 g/mol. The first kappa shape index (κ1) is 13.4. The highest BCUT2D eigenvalue weighted by atomic mass is 16.5. The van der Waals surface area contributed by atoms with Crippen molar-refractivity contribution >= 4 is 11.7 Å². The van der Waals surface area contributed by atoms with Crippen molar-refractivity contribution in [3.05, 3.63) is 24.3 Å². The van der Waals surface area contributed by atoms with Crippen molar-refractivity contribution in [2.45, 2.75) is 13.8 Å². The standard InChI is InChI=1S/C13H19NO3/c1-4-14(9-10(2)13(15)16)11-6-5-7-12(8-11)17-3/h5-8,10H,4,9H2,1-3H3,(H,15,16). The van der Waals surface area contributed by atoms with E-state index in [1.54, 1.807) is 14.0 Å². The second-order valence-corrected chi connectivity index (χ2v) is 3.98. The molecule has 1 aromatic carbocycles. The molecule has 0 saturated heterocycles. The van der Waals surface area contributed by atoms with Crippen LogP contribution in [0.1, 0.15) is 13.8 Å². The summed E-state index contributed by atoms with van der Waals surface area (Å²) in [5.74, 6) is -0.378. The minimum Gasteiger partial charge on any atom is -0.497 e. The van der Waals surface area contributed by atoms with Gasteiger partial charge < -0.3 is 14.7 Å². The average molecular weight is 237 g/mol. The number of aliphatic carboxylic acids is 1. The fourth-order valence-corrected chi connectivity index (χ4v) is 1.63. The zero-order valence-electron chi connectivity index (χ0n) is 10.5. The lowest BCUT2D eigenvalue weighted by molar-refractivity contribution is -0.140. The highest BCUT2D eigenvalue weighted by Crippen LogP contribution is 2.21. The Morgan fingerprint density at radius 1 is 1.53 bits per heavy atom. The number of hydrogen-bond donors (Lipinski definition) is 1. The van der Waals surface area contributed by atoms with Gasteiger partial charge in [-0.05, 0) is 19.1 Å². The van der Waals surface area contributed by atoms with Crippen LogP contribution in [0, 0.1) is 5.92 Å². The Hall–Kier alpha value is -1.71. The molecule has 0 aliphatic rings. The predicted octanol–water partition coefficient (Wildman–Crippen LogP) is 2.24. The van der Waals surface area contributed by atoms with Crippen LogP contribution in [0.3, 0.4) is 0 Å². The van der Waals surface area contributed by atoms with Crippen molar-refractivity contribution in [2.75, 3.05) is 25.1 Å². The first-order valence-corrected chi connectivity index (χ1v) is 5.70. The Morgan fingerprint density at radius 2 is 2.24 bits per heavy atom. The topological polar surface area (TPSA) is 49.8 Å². The maximum absolute atomic E-state index is 10.9. The second-order valence-electron chi connectivity index (χ2n) is 3.98. The van der Waals surface area contributed by atoms with Crippen LogP contribution in [0.4, 0.5) is 5.69 Å². The molecule has 1 atom stereocenters. The minimum absolute atomic E-state index is 0.388. The van der Waals surface area contributed by atoms with Crippen molar-refractivity contribution in [1.29, 1.82) is 0 Å². The number of carboxylic acids is 1. The van der Waals surface area contributed by atoms with E-state index in [4.69, 9.17) is 9.84 Å². The predicted molar refractivity (Wildman–Crippen MR) is 67.7 cm³/mol. The summed E-state index contributed by atoms with van der Waals surface area (Å²) in [4.78, 5) is 12.9. The fourth-order valence-electron chi connectivity index (χ4n) is 1.63. The molecule has 0 radical (unpaired) electrons. The zero-order chi connectivity index (χ0) is 12.8. The summed E-state index contributed by atoms with van der Waals surface area (Å²) in [6, 6.07) is 7.65. The van der Waals surface area contributed by atoms with Gasteiger partial charge in [0, 0.05) is 24.8 Å². The SMILES string of the molecule is CCN(CC(C)C(=O)O)c1cccc(OC)c1. The van der Waals surface area contributed by atoms with Gasteiger partial charge in [0.15, 0.2) is 0 Å². The van der Waals surface area contributed by atoms with E-state index in [0.717, 1.165) is 18.0 Å². The van der Waals surface area contributed by atoms with Gasteiger partial charge in [-0.15, -0.1) is 0 Å². The van der Waals surface area contributed by atoms with E-state index in [1.165, 1.54) is 0 Å². The summed E-state index contributed by atoms with van der Waals surface area (Å²) in [5.41, 5.74) is 0.986. The summed E-state index contributed by atoms with van der Waals surface area (Å²) in [5, 5.41) is 8.92. The Kier molecular flexibility index (Phi) is 4.82. The maximum atomic E-state index is 10.9.